The van der Waals surface area contributed by atoms with Crippen LogP contribution in [0.4, 0.5) is 0 Å². The molecule has 0 aliphatic heterocycles. The van der Waals surface area contributed by atoms with Crippen LogP contribution >= 0.6 is 0 Å². The second kappa shape index (κ2) is 11.9. The molecule has 51 heavy (non-hydrogen) atoms. The summed E-state index contributed by atoms with van der Waals surface area (Å²) in [6.07, 6.45) is 0. The van der Waals surface area contributed by atoms with Gasteiger partial charge in [0.2, 0.25) is 0 Å². The zero-order valence-corrected chi connectivity index (χ0v) is 27.5. The number of aromatic nitrogens is 3. The van der Waals surface area contributed by atoms with Crippen LogP contribution in [0.25, 0.3) is 99.9 Å². The summed E-state index contributed by atoms with van der Waals surface area (Å²) in [6, 6.07) is 61.0. The van der Waals surface area contributed by atoms with Crippen molar-refractivity contribution in [2.75, 3.05) is 0 Å². The van der Waals surface area contributed by atoms with Crippen LogP contribution in [0.2, 0.25) is 0 Å². The number of benzene rings is 8. The first kappa shape index (κ1) is 29.0. The summed E-state index contributed by atoms with van der Waals surface area (Å²) in [6.45, 7) is 0. The van der Waals surface area contributed by atoms with E-state index in [2.05, 4.69) is 127 Å². The number of furan rings is 1. The molecule has 0 saturated heterocycles. The highest BCUT2D eigenvalue weighted by molar-refractivity contribution is 6.17. The second-order valence-electron chi connectivity index (χ2n) is 12.8. The Morgan fingerprint density at radius 1 is 0.314 bits per heavy atom. The molecule has 4 heteroatoms. The molecule has 0 radical (unpaired) electrons. The lowest BCUT2D eigenvalue weighted by Gasteiger charge is -2.11. The van der Waals surface area contributed by atoms with Gasteiger partial charge in [0.15, 0.2) is 17.5 Å². The molecule has 0 unspecified atom stereocenters. The van der Waals surface area contributed by atoms with E-state index in [0.29, 0.717) is 17.5 Å². The van der Waals surface area contributed by atoms with Gasteiger partial charge in [-0.15, -0.1) is 0 Å². The van der Waals surface area contributed by atoms with E-state index in [4.69, 9.17) is 19.4 Å². The minimum Gasteiger partial charge on any atom is -0.456 e. The lowest BCUT2D eigenvalue weighted by atomic mass is 9.95. The third-order valence-electron chi connectivity index (χ3n) is 9.73. The van der Waals surface area contributed by atoms with Crippen LogP contribution in [-0.2, 0) is 0 Å². The number of rotatable bonds is 5. The van der Waals surface area contributed by atoms with Crippen molar-refractivity contribution in [3.8, 4) is 56.4 Å². The van der Waals surface area contributed by atoms with Crippen molar-refractivity contribution in [2.45, 2.75) is 0 Å². The van der Waals surface area contributed by atoms with E-state index in [0.717, 1.165) is 55.3 Å². The van der Waals surface area contributed by atoms with Crippen molar-refractivity contribution in [1.82, 2.24) is 15.0 Å². The molecule has 0 aliphatic rings. The van der Waals surface area contributed by atoms with Crippen LogP contribution in [0.3, 0.4) is 0 Å². The number of hydrogen-bond donors (Lipinski definition) is 0. The van der Waals surface area contributed by atoms with Crippen molar-refractivity contribution in [1.29, 1.82) is 0 Å². The molecule has 0 atom stereocenters. The number of fused-ring (bicyclic) bond motifs is 5. The number of hydrogen-bond acceptors (Lipinski definition) is 4. The molecule has 0 saturated carbocycles. The molecule has 238 valence electrons. The lowest BCUT2D eigenvalue weighted by molar-refractivity contribution is 0.669. The van der Waals surface area contributed by atoms with Gasteiger partial charge in [-0.05, 0) is 62.0 Å². The molecule has 4 nitrogen and oxygen atoms in total. The van der Waals surface area contributed by atoms with Gasteiger partial charge in [-0.2, -0.15) is 0 Å². The van der Waals surface area contributed by atoms with Gasteiger partial charge >= 0.3 is 0 Å². The molecule has 0 bridgehead atoms. The SMILES string of the molecule is c1ccc(-c2nc(-c3ccc(-c4cccc5ccccc45)cc3)nc(-c3cccc4oc5cccc(-c6ccc7ccccc7c6)c5c34)n2)cc1. The normalized spacial score (nSPS) is 11.5. The largest absolute Gasteiger partial charge is 0.456 e. The minimum absolute atomic E-state index is 0.596. The quantitative estimate of drug-likeness (QED) is 0.186. The summed E-state index contributed by atoms with van der Waals surface area (Å²) in [7, 11) is 0. The number of nitrogens with zero attached hydrogens (tertiary/aromatic N) is 3. The van der Waals surface area contributed by atoms with Crippen molar-refractivity contribution in [3.63, 3.8) is 0 Å². The van der Waals surface area contributed by atoms with E-state index in [1.54, 1.807) is 0 Å². The van der Waals surface area contributed by atoms with Gasteiger partial charge in [0.05, 0.1) is 0 Å². The molecule has 0 spiro atoms. The Labute approximate surface area is 294 Å². The first-order valence-electron chi connectivity index (χ1n) is 17.1. The molecule has 2 aromatic heterocycles. The molecule has 8 aromatic carbocycles. The fourth-order valence-electron chi connectivity index (χ4n) is 7.27. The highest BCUT2D eigenvalue weighted by Crippen LogP contribution is 2.42. The zero-order chi connectivity index (χ0) is 33.7. The maximum absolute atomic E-state index is 6.51. The van der Waals surface area contributed by atoms with Crippen LogP contribution in [0.1, 0.15) is 0 Å². The molecule has 0 N–H and O–H groups in total. The Hall–Kier alpha value is -6.91. The van der Waals surface area contributed by atoms with Crippen LogP contribution in [-0.4, -0.2) is 15.0 Å². The minimum atomic E-state index is 0.596. The lowest BCUT2D eigenvalue weighted by Crippen LogP contribution is -2.00. The maximum atomic E-state index is 6.51. The Morgan fingerprint density at radius 3 is 1.63 bits per heavy atom. The van der Waals surface area contributed by atoms with Gasteiger partial charge in [-0.25, -0.2) is 15.0 Å². The predicted molar refractivity (Wildman–Crippen MR) is 209 cm³/mol. The van der Waals surface area contributed by atoms with Gasteiger partial charge in [0.1, 0.15) is 11.2 Å². The van der Waals surface area contributed by atoms with Gasteiger partial charge in [-0.3, -0.25) is 0 Å². The van der Waals surface area contributed by atoms with E-state index >= 15 is 0 Å². The molecular formula is C47H29N3O. The summed E-state index contributed by atoms with van der Waals surface area (Å²) >= 11 is 0. The monoisotopic (exact) mass is 651 g/mol. The molecule has 0 aliphatic carbocycles. The second-order valence-corrected chi connectivity index (χ2v) is 12.8. The van der Waals surface area contributed by atoms with Crippen molar-refractivity contribution in [2.24, 2.45) is 0 Å². The molecular weight excluding hydrogens is 623 g/mol. The average Bonchev–Trinajstić information content (AvgIpc) is 3.60. The summed E-state index contributed by atoms with van der Waals surface area (Å²) in [4.78, 5) is 15.3. The topological polar surface area (TPSA) is 51.8 Å². The van der Waals surface area contributed by atoms with Crippen LogP contribution in [0.5, 0.6) is 0 Å². The van der Waals surface area contributed by atoms with E-state index in [1.165, 1.54) is 27.1 Å². The van der Waals surface area contributed by atoms with Gasteiger partial charge in [-0.1, -0.05) is 158 Å². The summed E-state index contributed by atoms with van der Waals surface area (Å²) in [5.74, 6) is 1.83. The summed E-state index contributed by atoms with van der Waals surface area (Å²) in [5, 5.41) is 6.88. The highest BCUT2D eigenvalue weighted by Gasteiger charge is 2.20. The van der Waals surface area contributed by atoms with Crippen LogP contribution in [0.15, 0.2) is 180 Å². The third kappa shape index (κ3) is 5.04. The molecule has 10 rings (SSSR count). The van der Waals surface area contributed by atoms with Crippen molar-refractivity contribution in [3.05, 3.63) is 176 Å². The molecule has 10 aromatic rings. The van der Waals surface area contributed by atoms with E-state index in [1.807, 2.05) is 48.5 Å². The van der Waals surface area contributed by atoms with E-state index in [-0.39, 0.29) is 0 Å². The van der Waals surface area contributed by atoms with Crippen LogP contribution < -0.4 is 0 Å². The summed E-state index contributed by atoms with van der Waals surface area (Å²) in [5.41, 5.74) is 8.92. The molecule has 0 fully saturated rings. The van der Waals surface area contributed by atoms with E-state index in [9.17, 15) is 0 Å². The van der Waals surface area contributed by atoms with E-state index < -0.39 is 0 Å². The fraction of sp³-hybridized carbons (Fsp3) is 0. The van der Waals surface area contributed by atoms with Gasteiger partial charge in [0.25, 0.3) is 0 Å². The maximum Gasteiger partial charge on any atom is 0.164 e. The van der Waals surface area contributed by atoms with Crippen LogP contribution in [0, 0.1) is 0 Å². The zero-order valence-electron chi connectivity index (χ0n) is 27.5. The molecule has 0 amide bonds. The van der Waals surface area contributed by atoms with Gasteiger partial charge in [0, 0.05) is 27.5 Å². The Kier molecular flexibility index (Phi) is 6.78. The van der Waals surface area contributed by atoms with Gasteiger partial charge < -0.3 is 4.42 Å². The first-order valence-corrected chi connectivity index (χ1v) is 17.1. The highest BCUT2D eigenvalue weighted by atomic mass is 16.3. The average molecular weight is 652 g/mol. The van der Waals surface area contributed by atoms with Crippen molar-refractivity contribution >= 4 is 43.5 Å². The molecule has 2 heterocycles. The first-order chi connectivity index (χ1) is 25.3. The fourth-order valence-corrected chi connectivity index (χ4v) is 7.27. The Morgan fingerprint density at radius 2 is 0.843 bits per heavy atom. The standard InChI is InChI=1S/C47H29N3O/c1-2-13-33(14-3-1)45-48-46(34-26-24-32(25-27-34)38-18-8-16-31-12-6-7-17-37(31)38)50-47(49-45)40-20-10-22-42-44(40)43-39(19-9-21-41(43)51-42)36-28-23-30-11-4-5-15-35(30)29-36/h1-29H. The predicted octanol–water partition coefficient (Wildman–Crippen LogP) is 12.4. The summed E-state index contributed by atoms with van der Waals surface area (Å²) < 4.78 is 6.51. The third-order valence-corrected chi connectivity index (χ3v) is 9.73. The Balaban J connectivity index is 1.16. The van der Waals surface area contributed by atoms with Crippen molar-refractivity contribution < 1.29 is 4.42 Å². The smallest absolute Gasteiger partial charge is 0.164 e. The Bertz CT molecular complexity index is 2900.